The van der Waals surface area contributed by atoms with Gasteiger partial charge in [0.1, 0.15) is 16.9 Å². The van der Waals surface area contributed by atoms with Crippen molar-refractivity contribution in [3.05, 3.63) is 63.3 Å². The number of nitrogens with zero attached hydrogens (tertiary/aromatic N) is 2. The Morgan fingerprint density at radius 2 is 2.00 bits per heavy atom. The number of carbonyl (C=O) groups excluding carboxylic acids is 1. The Morgan fingerprint density at radius 1 is 1.28 bits per heavy atom. The molecule has 10 heteroatoms. The molecule has 3 heterocycles. The maximum absolute atomic E-state index is 13.7. The number of ether oxygens (including phenoxy) is 3. The van der Waals surface area contributed by atoms with Gasteiger partial charge in [0.25, 0.3) is 5.56 Å². The quantitative estimate of drug-likeness (QED) is 0.261. The summed E-state index contributed by atoms with van der Waals surface area (Å²) in [7, 11) is 0. The number of hydrogen-bond donors (Lipinski definition) is 2. The number of pyridine rings is 2. The van der Waals surface area contributed by atoms with Gasteiger partial charge in [-0.2, -0.15) is 0 Å². The summed E-state index contributed by atoms with van der Waals surface area (Å²) in [4.78, 5) is 31.1. The highest BCUT2D eigenvalue weighted by Crippen LogP contribution is 2.41. The first-order chi connectivity index (χ1) is 17.2. The molecule has 1 aliphatic heterocycles. The Hall–Kier alpha value is -3.50. The Balaban J connectivity index is 1.99. The predicted octanol–water partition coefficient (Wildman–Crippen LogP) is 2.94. The fourth-order valence-electron chi connectivity index (χ4n) is 4.16. The number of aliphatic hydroxyl groups excluding tert-OH is 1. The number of aliphatic hydroxyl groups is 2. The van der Waals surface area contributed by atoms with E-state index in [1.165, 1.54) is 29.8 Å². The molecule has 0 fully saturated rings. The van der Waals surface area contributed by atoms with E-state index >= 15 is 0 Å². The summed E-state index contributed by atoms with van der Waals surface area (Å²) < 4.78 is 31.9. The molecule has 0 bridgehead atoms. The molecule has 0 radical (unpaired) electrons. The third kappa shape index (κ3) is 4.66. The molecule has 0 saturated carbocycles. The van der Waals surface area contributed by atoms with Crippen molar-refractivity contribution in [1.29, 1.82) is 0 Å². The van der Waals surface area contributed by atoms with Crippen LogP contribution in [0.1, 0.15) is 55.1 Å². The van der Waals surface area contributed by atoms with Crippen molar-refractivity contribution in [3.8, 4) is 11.5 Å². The second-order valence-corrected chi connectivity index (χ2v) is 8.92. The molecular formula is C26H29FN2O7. The molecule has 1 atom stereocenters. The van der Waals surface area contributed by atoms with E-state index in [-0.39, 0.29) is 60.1 Å². The topological polar surface area (TPSA) is 120 Å². The Kier molecular flexibility index (Phi) is 7.28. The first-order valence-electron chi connectivity index (χ1n) is 11.9. The summed E-state index contributed by atoms with van der Waals surface area (Å²) in [5.74, 6) is -1.02. The van der Waals surface area contributed by atoms with E-state index in [1.54, 1.807) is 19.1 Å². The number of esters is 1. The van der Waals surface area contributed by atoms with E-state index in [0.717, 1.165) is 12.0 Å². The zero-order valence-electron chi connectivity index (χ0n) is 20.4. The number of hydrogen-bond acceptors (Lipinski definition) is 8. The van der Waals surface area contributed by atoms with Crippen LogP contribution in [0.2, 0.25) is 0 Å². The number of benzene rings is 1. The van der Waals surface area contributed by atoms with Gasteiger partial charge in [-0.3, -0.25) is 14.3 Å². The van der Waals surface area contributed by atoms with Gasteiger partial charge >= 0.3 is 5.97 Å². The standard InChI is InChI=1S/C26H29FN2O7/c1-4-6-11-35-22-18(24(31)34-5-2)23(30)29-14-26(3,25(32)33)36-21-16(13-28-19(22)20(21)29)12-15-7-9-17(27)10-8-15/h7-10,13,25,32-33H,4-6,11-12,14H2,1-3H3/t26-/m0/s1. The van der Waals surface area contributed by atoms with Crippen molar-refractivity contribution in [2.24, 2.45) is 0 Å². The van der Waals surface area contributed by atoms with Crippen molar-refractivity contribution < 1.29 is 33.6 Å². The highest BCUT2D eigenvalue weighted by Gasteiger charge is 2.42. The number of halogens is 1. The highest BCUT2D eigenvalue weighted by molar-refractivity contribution is 6.00. The van der Waals surface area contributed by atoms with Crippen LogP contribution in [0.5, 0.6) is 11.5 Å². The molecule has 0 spiro atoms. The first kappa shape index (κ1) is 25.6. The summed E-state index contributed by atoms with van der Waals surface area (Å²) >= 11 is 0. The summed E-state index contributed by atoms with van der Waals surface area (Å²) in [5.41, 5.74) is -0.813. The fourth-order valence-corrected chi connectivity index (χ4v) is 4.16. The zero-order valence-corrected chi connectivity index (χ0v) is 20.4. The van der Waals surface area contributed by atoms with Crippen molar-refractivity contribution in [2.75, 3.05) is 13.2 Å². The first-order valence-corrected chi connectivity index (χ1v) is 11.9. The predicted molar refractivity (Wildman–Crippen MR) is 129 cm³/mol. The van der Waals surface area contributed by atoms with E-state index in [4.69, 9.17) is 14.2 Å². The maximum atomic E-state index is 13.7. The monoisotopic (exact) mass is 500 g/mol. The molecule has 2 N–H and O–H groups in total. The lowest BCUT2D eigenvalue weighted by atomic mass is 9.99. The summed E-state index contributed by atoms with van der Waals surface area (Å²) in [5, 5.41) is 20.2. The van der Waals surface area contributed by atoms with Gasteiger partial charge in [0.05, 0.1) is 19.8 Å². The second-order valence-electron chi connectivity index (χ2n) is 8.92. The molecule has 36 heavy (non-hydrogen) atoms. The van der Waals surface area contributed by atoms with Crippen LogP contribution in [-0.2, 0) is 17.7 Å². The number of aromatic nitrogens is 2. The minimum absolute atomic E-state index is 0.00415. The van der Waals surface area contributed by atoms with Gasteiger partial charge in [0, 0.05) is 18.2 Å². The third-order valence-electron chi connectivity index (χ3n) is 6.14. The second kappa shape index (κ2) is 10.2. The van der Waals surface area contributed by atoms with Crippen LogP contribution in [0.15, 0.2) is 35.3 Å². The van der Waals surface area contributed by atoms with Gasteiger partial charge in [-0.15, -0.1) is 0 Å². The lowest BCUT2D eigenvalue weighted by molar-refractivity contribution is -0.171. The van der Waals surface area contributed by atoms with Gasteiger partial charge < -0.3 is 24.4 Å². The molecule has 0 aliphatic carbocycles. The minimum atomic E-state index is -1.94. The molecule has 3 aromatic rings. The van der Waals surface area contributed by atoms with E-state index in [1.807, 2.05) is 6.92 Å². The maximum Gasteiger partial charge on any atom is 0.347 e. The number of carbonyl (C=O) groups is 1. The molecule has 2 aromatic heterocycles. The van der Waals surface area contributed by atoms with E-state index < -0.39 is 23.4 Å². The smallest absolute Gasteiger partial charge is 0.347 e. The summed E-state index contributed by atoms with van der Waals surface area (Å²) in [6.45, 7) is 5.12. The SMILES string of the molecule is CCCCOc1c(C(=O)OCC)c(=O)n2c3c(c(Cc4ccc(F)cc4)cnc13)O[C@](C)(C(O)O)C2. The Labute approximate surface area is 207 Å². The molecular weight excluding hydrogens is 471 g/mol. The molecule has 1 aliphatic rings. The van der Waals surface area contributed by atoms with Crippen molar-refractivity contribution >= 4 is 17.0 Å². The zero-order chi connectivity index (χ0) is 26.0. The molecule has 0 saturated heterocycles. The molecule has 4 rings (SSSR count). The van der Waals surface area contributed by atoms with Gasteiger partial charge in [0.15, 0.2) is 29.0 Å². The third-order valence-corrected chi connectivity index (χ3v) is 6.14. The number of unbranched alkanes of at least 4 members (excludes halogenated alkanes) is 1. The average molecular weight is 501 g/mol. The van der Waals surface area contributed by atoms with Crippen LogP contribution in [0.3, 0.4) is 0 Å². The van der Waals surface area contributed by atoms with Crippen LogP contribution in [-0.4, -0.2) is 50.8 Å². The highest BCUT2D eigenvalue weighted by atomic mass is 19.1. The van der Waals surface area contributed by atoms with Crippen molar-refractivity contribution in [2.45, 2.75) is 58.5 Å². The normalized spacial score (nSPS) is 16.8. The lowest BCUT2D eigenvalue weighted by Gasteiger charge is -2.38. The van der Waals surface area contributed by atoms with Crippen LogP contribution in [0.4, 0.5) is 4.39 Å². The van der Waals surface area contributed by atoms with Gasteiger partial charge in [-0.05, 0) is 38.0 Å². The van der Waals surface area contributed by atoms with Gasteiger partial charge in [-0.1, -0.05) is 25.5 Å². The van der Waals surface area contributed by atoms with Crippen LogP contribution in [0, 0.1) is 5.82 Å². The van der Waals surface area contributed by atoms with Gasteiger partial charge in [0.2, 0.25) is 0 Å². The molecule has 0 unspecified atom stereocenters. The van der Waals surface area contributed by atoms with Crippen LogP contribution in [0.25, 0.3) is 11.0 Å². The molecule has 1 aromatic carbocycles. The number of rotatable bonds is 9. The van der Waals surface area contributed by atoms with E-state index in [0.29, 0.717) is 12.0 Å². The fraction of sp³-hybridized carbons (Fsp3) is 0.423. The van der Waals surface area contributed by atoms with Crippen molar-refractivity contribution in [3.63, 3.8) is 0 Å². The van der Waals surface area contributed by atoms with E-state index in [2.05, 4.69) is 4.98 Å². The van der Waals surface area contributed by atoms with Crippen molar-refractivity contribution in [1.82, 2.24) is 9.55 Å². The minimum Gasteiger partial charge on any atom is -0.490 e. The molecule has 0 amide bonds. The largest absolute Gasteiger partial charge is 0.490 e. The van der Waals surface area contributed by atoms with Crippen LogP contribution < -0.4 is 15.0 Å². The van der Waals surface area contributed by atoms with E-state index in [9.17, 15) is 24.2 Å². The Bertz CT molecular complexity index is 1340. The van der Waals surface area contributed by atoms with Crippen LogP contribution >= 0.6 is 0 Å². The molecule has 192 valence electrons. The lowest BCUT2D eigenvalue weighted by Crippen LogP contribution is -2.53. The van der Waals surface area contributed by atoms with Gasteiger partial charge in [-0.25, -0.2) is 9.18 Å². The average Bonchev–Trinajstić information content (AvgIpc) is 2.84. The summed E-state index contributed by atoms with van der Waals surface area (Å²) in [6.07, 6.45) is 1.38. The molecule has 9 nitrogen and oxygen atoms in total. The summed E-state index contributed by atoms with van der Waals surface area (Å²) in [6, 6.07) is 5.90. The Morgan fingerprint density at radius 3 is 2.64 bits per heavy atom.